The first-order valence-corrected chi connectivity index (χ1v) is 8.21. The molecule has 1 aromatic rings. The van der Waals surface area contributed by atoms with Crippen molar-refractivity contribution in [3.05, 3.63) is 40.9 Å². The van der Waals surface area contributed by atoms with Crippen LogP contribution in [0, 0.1) is 0 Å². The first kappa shape index (κ1) is 19.0. The Morgan fingerprint density at radius 1 is 1.40 bits per heavy atom. The maximum absolute atomic E-state index is 12.5. The number of carbonyl (C=O) groups excluding carboxylic acids is 2. The maximum atomic E-state index is 12.5. The molecular formula is C17H17ClN2O4S. The van der Waals surface area contributed by atoms with E-state index in [1.807, 2.05) is 6.92 Å². The van der Waals surface area contributed by atoms with Gasteiger partial charge in [-0.05, 0) is 42.9 Å². The second-order valence-corrected chi connectivity index (χ2v) is 5.78. The van der Waals surface area contributed by atoms with E-state index in [4.69, 9.17) is 33.3 Å². The SMILES string of the molecule is C=CCN1C(=O)/C(=C/c2cc(Cl)c(OC)c(OCC)c2)C(=O)NC1=S. The number of benzene rings is 1. The molecule has 8 heteroatoms. The molecule has 1 heterocycles. The van der Waals surface area contributed by atoms with Gasteiger partial charge in [-0.3, -0.25) is 19.8 Å². The molecule has 1 fully saturated rings. The molecule has 25 heavy (non-hydrogen) atoms. The molecule has 0 bridgehead atoms. The van der Waals surface area contributed by atoms with Crippen molar-refractivity contribution in [2.75, 3.05) is 20.3 Å². The number of nitrogens with zero attached hydrogens (tertiary/aromatic N) is 1. The van der Waals surface area contributed by atoms with Gasteiger partial charge in [-0.2, -0.15) is 0 Å². The van der Waals surface area contributed by atoms with E-state index in [0.29, 0.717) is 28.7 Å². The van der Waals surface area contributed by atoms with Crippen molar-refractivity contribution in [3.63, 3.8) is 0 Å². The molecule has 132 valence electrons. The van der Waals surface area contributed by atoms with Crippen LogP contribution in [-0.2, 0) is 9.59 Å². The minimum absolute atomic E-state index is 0.0508. The Hall–Kier alpha value is -2.38. The zero-order valence-corrected chi connectivity index (χ0v) is 15.4. The summed E-state index contributed by atoms with van der Waals surface area (Å²) in [6, 6.07) is 3.23. The van der Waals surface area contributed by atoms with E-state index in [2.05, 4.69) is 11.9 Å². The van der Waals surface area contributed by atoms with Crippen LogP contribution in [0.3, 0.4) is 0 Å². The molecule has 2 rings (SSSR count). The van der Waals surface area contributed by atoms with Crippen molar-refractivity contribution in [3.8, 4) is 11.5 Å². The van der Waals surface area contributed by atoms with Gasteiger partial charge in [0.25, 0.3) is 11.8 Å². The van der Waals surface area contributed by atoms with Gasteiger partial charge in [0.05, 0.1) is 18.7 Å². The Morgan fingerprint density at radius 2 is 2.12 bits per heavy atom. The van der Waals surface area contributed by atoms with Gasteiger partial charge in [-0.25, -0.2) is 0 Å². The lowest BCUT2D eigenvalue weighted by Crippen LogP contribution is -2.53. The molecule has 1 N–H and O–H groups in total. The average molecular weight is 381 g/mol. The summed E-state index contributed by atoms with van der Waals surface area (Å²) >= 11 is 11.2. The summed E-state index contributed by atoms with van der Waals surface area (Å²) in [7, 11) is 1.48. The third-order valence-electron chi connectivity index (χ3n) is 3.34. The highest BCUT2D eigenvalue weighted by Crippen LogP contribution is 2.37. The Balaban J connectivity index is 2.47. The summed E-state index contributed by atoms with van der Waals surface area (Å²) in [6.45, 7) is 6.01. The minimum atomic E-state index is -0.569. The van der Waals surface area contributed by atoms with Crippen LogP contribution in [0.2, 0.25) is 5.02 Å². The molecule has 1 aromatic carbocycles. The lowest BCUT2D eigenvalue weighted by molar-refractivity contribution is -0.128. The lowest BCUT2D eigenvalue weighted by atomic mass is 10.1. The number of ether oxygens (including phenoxy) is 2. The maximum Gasteiger partial charge on any atom is 0.265 e. The highest BCUT2D eigenvalue weighted by Gasteiger charge is 2.32. The second kappa shape index (κ2) is 8.13. The van der Waals surface area contributed by atoms with E-state index in [1.54, 1.807) is 12.1 Å². The summed E-state index contributed by atoms with van der Waals surface area (Å²) < 4.78 is 10.7. The van der Waals surface area contributed by atoms with E-state index in [9.17, 15) is 9.59 Å². The molecule has 0 unspecified atom stereocenters. The van der Waals surface area contributed by atoms with Gasteiger partial charge in [0, 0.05) is 6.54 Å². The van der Waals surface area contributed by atoms with Crippen molar-refractivity contribution in [2.45, 2.75) is 6.92 Å². The van der Waals surface area contributed by atoms with E-state index in [0.717, 1.165) is 0 Å². The molecule has 1 aliphatic heterocycles. The van der Waals surface area contributed by atoms with E-state index in [-0.39, 0.29) is 17.2 Å². The molecule has 0 saturated carbocycles. The summed E-state index contributed by atoms with van der Waals surface area (Å²) in [5, 5.41) is 2.84. The molecular weight excluding hydrogens is 364 g/mol. The predicted octanol–water partition coefficient (Wildman–Crippen LogP) is 2.56. The van der Waals surface area contributed by atoms with Crippen LogP contribution in [-0.4, -0.2) is 42.1 Å². The number of thiocarbonyl (C=S) groups is 1. The highest BCUT2D eigenvalue weighted by atomic mass is 35.5. The van der Waals surface area contributed by atoms with Gasteiger partial charge < -0.3 is 9.47 Å². The monoisotopic (exact) mass is 380 g/mol. The zero-order valence-electron chi connectivity index (χ0n) is 13.8. The van der Waals surface area contributed by atoms with Gasteiger partial charge in [0.1, 0.15) is 5.57 Å². The summed E-state index contributed by atoms with van der Waals surface area (Å²) in [5.41, 5.74) is 0.471. The van der Waals surface area contributed by atoms with Gasteiger partial charge in [-0.1, -0.05) is 17.7 Å². The first-order chi connectivity index (χ1) is 11.9. The fraction of sp³-hybridized carbons (Fsp3) is 0.235. The van der Waals surface area contributed by atoms with Crippen molar-refractivity contribution < 1.29 is 19.1 Å². The average Bonchev–Trinajstić information content (AvgIpc) is 2.55. The van der Waals surface area contributed by atoms with Crippen molar-refractivity contribution >= 4 is 46.8 Å². The fourth-order valence-electron chi connectivity index (χ4n) is 2.29. The summed E-state index contributed by atoms with van der Waals surface area (Å²) in [5.74, 6) is -0.259. The Kier molecular flexibility index (Phi) is 6.17. The van der Waals surface area contributed by atoms with Crippen LogP contribution < -0.4 is 14.8 Å². The number of hydrogen-bond donors (Lipinski definition) is 1. The number of halogens is 1. The van der Waals surface area contributed by atoms with E-state index >= 15 is 0 Å². The van der Waals surface area contributed by atoms with Crippen molar-refractivity contribution in [2.24, 2.45) is 0 Å². The molecule has 6 nitrogen and oxygen atoms in total. The third kappa shape index (κ3) is 4.00. The van der Waals surface area contributed by atoms with E-state index in [1.165, 1.54) is 24.2 Å². The van der Waals surface area contributed by atoms with Crippen LogP contribution in [0.4, 0.5) is 0 Å². The third-order valence-corrected chi connectivity index (χ3v) is 3.95. The van der Waals surface area contributed by atoms with Gasteiger partial charge >= 0.3 is 0 Å². The number of nitrogens with one attached hydrogen (secondary N) is 1. The van der Waals surface area contributed by atoms with E-state index < -0.39 is 11.8 Å². The molecule has 0 radical (unpaired) electrons. The minimum Gasteiger partial charge on any atom is -0.491 e. The Morgan fingerprint density at radius 3 is 2.72 bits per heavy atom. The Bertz CT molecular complexity index is 776. The second-order valence-electron chi connectivity index (χ2n) is 4.99. The number of methoxy groups -OCH3 is 1. The molecule has 0 aliphatic carbocycles. The fourth-order valence-corrected chi connectivity index (χ4v) is 2.83. The van der Waals surface area contributed by atoms with Gasteiger partial charge in [0.15, 0.2) is 16.6 Å². The lowest BCUT2D eigenvalue weighted by Gasteiger charge is -2.27. The van der Waals surface area contributed by atoms with Crippen molar-refractivity contribution in [1.29, 1.82) is 0 Å². The number of hydrogen-bond acceptors (Lipinski definition) is 5. The number of carbonyl (C=O) groups is 2. The largest absolute Gasteiger partial charge is 0.491 e. The summed E-state index contributed by atoms with van der Waals surface area (Å²) in [4.78, 5) is 25.9. The normalized spacial score (nSPS) is 16.0. The van der Waals surface area contributed by atoms with Crippen LogP contribution in [0.25, 0.3) is 6.08 Å². The molecule has 2 amide bonds. The van der Waals surface area contributed by atoms with Crippen LogP contribution in [0.1, 0.15) is 12.5 Å². The Labute approximate surface area is 156 Å². The smallest absolute Gasteiger partial charge is 0.265 e. The molecule has 0 spiro atoms. The van der Waals surface area contributed by atoms with Gasteiger partial charge in [-0.15, -0.1) is 6.58 Å². The van der Waals surface area contributed by atoms with Crippen LogP contribution >= 0.6 is 23.8 Å². The molecule has 0 atom stereocenters. The first-order valence-electron chi connectivity index (χ1n) is 7.43. The molecule has 0 aromatic heterocycles. The standard InChI is InChI=1S/C17H17ClN2O4S/c1-4-6-20-16(22)11(15(21)19-17(20)25)7-10-8-12(18)14(23-3)13(9-10)24-5-2/h4,7-9H,1,5-6H2,2-3H3,(H,19,21,25)/b11-7+. The van der Waals surface area contributed by atoms with Crippen LogP contribution in [0.5, 0.6) is 11.5 Å². The predicted molar refractivity (Wildman–Crippen MR) is 99.8 cm³/mol. The summed E-state index contributed by atoms with van der Waals surface area (Å²) in [6.07, 6.45) is 2.96. The number of amides is 2. The highest BCUT2D eigenvalue weighted by molar-refractivity contribution is 7.80. The quantitative estimate of drug-likeness (QED) is 0.355. The van der Waals surface area contributed by atoms with Crippen molar-refractivity contribution in [1.82, 2.24) is 10.2 Å². The molecule has 1 saturated heterocycles. The zero-order chi connectivity index (χ0) is 18.6. The van der Waals surface area contributed by atoms with Gasteiger partial charge in [0.2, 0.25) is 0 Å². The topological polar surface area (TPSA) is 67.9 Å². The molecule has 1 aliphatic rings. The van der Waals surface area contributed by atoms with Crippen LogP contribution in [0.15, 0.2) is 30.4 Å². The number of rotatable bonds is 6.